The number of aryl methyl sites for hydroxylation is 1. The number of halogens is 3. The van der Waals surface area contributed by atoms with Crippen molar-refractivity contribution in [1.29, 1.82) is 0 Å². The SMILES string of the molecule is Cc1cc(C(=O)CN2CCN(CC(=O)N3CCOCC3)CC2)c(C)n1CC(F)(F)F. The number of carbonyl (C=O) groups excluding carboxylic acids is 2. The summed E-state index contributed by atoms with van der Waals surface area (Å²) in [6.07, 6.45) is -4.33. The number of aromatic nitrogens is 1. The first kappa shape index (κ1) is 22.8. The summed E-state index contributed by atoms with van der Waals surface area (Å²) in [5.41, 5.74) is 1.13. The highest BCUT2D eigenvalue weighted by Gasteiger charge is 2.31. The van der Waals surface area contributed by atoms with E-state index in [1.165, 1.54) is 0 Å². The normalized spacial score (nSPS) is 19.3. The van der Waals surface area contributed by atoms with E-state index >= 15 is 0 Å². The largest absolute Gasteiger partial charge is 0.406 e. The van der Waals surface area contributed by atoms with E-state index in [1.807, 2.05) is 9.80 Å². The molecule has 168 valence electrons. The second-order valence-corrected chi connectivity index (χ2v) is 7.95. The summed E-state index contributed by atoms with van der Waals surface area (Å²) in [7, 11) is 0. The standard InChI is InChI=1S/C20H29F3N4O3/c1-15-11-17(16(2)27(15)14-20(21,22)23)18(28)12-24-3-5-25(6-4-24)13-19(29)26-7-9-30-10-8-26/h11H,3-10,12-14H2,1-2H3. The molecule has 1 aromatic heterocycles. The lowest BCUT2D eigenvalue weighted by Crippen LogP contribution is -2.52. The van der Waals surface area contributed by atoms with Gasteiger partial charge in [-0.2, -0.15) is 13.2 Å². The van der Waals surface area contributed by atoms with Gasteiger partial charge in [0.25, 0.3) is 0 Å². The third-order valence-electron chi connectivity index (χ3n) is 5.77. The molecule has 10 heteroatoms. The van der Waals surface area contributed by atoms with Crippen LogP contribution in [0, 0.1) is 13.8 Å². The van der Waals surface area contributed by atoms with Crippen LogP contribution >= 0.6 is 0 Å². The maximum absolute atomic E-state index is 12.8. The molecule has 0 atom stereocenters. The number of nitrogens with zero attached hydrogens (tertiary/aromatic N) is 4. The van der Waals surface area contributed by atoms with Crippen molar-refractivity contribution >= 4 is 11.7 Å². The third kappa shape index (κ3) is 5.83. The Morgan fingerprint density at radius 3 is 2.10 bits per heavy atom. The number of alkyl halides is 3. The zero-order valence-electron chi connectivity index (χ0n) is 17.5. The zero-order chi connectivity index (χ0) is 21.9. The molecule has 2 aliphatic heterocycles. The van der Waals surface area contributed by atoms with Gasteiger partial charge in [-0.25, -0.2) is 0 Å². The van der Waals surface area contributed by atoms with Crippen molar-refractivity contribution in [1.82, 2.24) is 19.3 Å². The Bertz CT molecular complexity index is 764. The quantitative estimate of drug-likeness (QED) is 0.638. The number of Topliss-reactive ketones (excluding diaryl/α,β-unsaturated/α-hetero) is 1. The van der Waals surface area contributed by atoms with Crippen LogP contribution in [0.1, 0.15) is 21.7 Å². The molecule has 0 radical (unpaired) electrons. The number of ether oxygens (including phenoxy) is 1. The van der Waals surface area contributed by atoms with E-state index in [1.54, 1.807) is 19.9 Å². The fraction of sp³-hybridized carbons (Fsp3) is 0.700. The number of amides is 1. The summed E-state index contributed by atoms with van der Waals surface area (Å²) >= 11 is 0. The zero-order valence-corrected chi connectivity index (χ0v) is 17.5. The molecule has 2 fully saturated rings. The second-order valence-electron chi connectivity index (χ2n) is 7.95. The number of ketones is 1. The Morgan fingerprint density at radius 2 is 1.53 bits per heavy atom. The van der Waals surface area contributed by atoms with Crippen LogP contribution in [0.3, 0.4) is 0 Å². The van der Waals surface area contributed by atoms with Crippen molar-refractivity contribution in [3.05, 3.63) is 23.0 Å². The van der Waals surface area contributed by atoms with Crippen molar-refractivity contribution in [2.24, 2.45) is 0 Å². The molecular weight excluding hydrogens is 401 g/mol. The Kier molecular flexibility index (Phi) is 7.20. The van der Waals surface area contributed by atoms with Crippen molar-refractivity contribution in [2.75, 3.05) is 65.6 Å². The Balaban J connectivity index is 1.49. The highest BCUT2D eigenvalue weighted by atomic mass is 19.4. The van der Waals surface area contributed by atoms with Gasteiger partial charge in [-0.1, -0.05) is 0 Å². The smallest absolute Gasteiger partial charge is 0.378 e. The van der Waals surface area contributed by atoms with E-state index in [0.717, 1.165) is 4.57 Å². The number of rotatable bonds is 6. The summed E-state index contributed by atoms with van der Waals surface area (Å²) < 4.78 is 44.7. The molecule has 0 aromatic carbocycles. The summed E-state index contributed by atoms with van der Waals surface area (Å²) in [5, 5.41) is 0. The summed E-state index contributed by atoms with van der Waals surface area (Å²) in [4.78, 5) is 31.0. The van der Waals surface area contributed by atoms with Crippen LogP contribution in [0.4, 0.5) is 13.2 Å². The summed E-state index contributed by atoms with van der Waals surface area (Å²) in [6, 6.07) is 1.54. The van der Waals surface area contributed by atoms with Crippen LogP contribution in [-0.4, -0.2) is 103 Å². The summed E-state index contributed by atoms with van der Waals surface area (Å²) in [6.45, 7) is 7.62. The third-order valence-corrected chi connectivity index (χ3v) is 5.77. The van der Waals surface area contributed by atoms with Gasteiger partial charge in [0.15, 0.2) is 5.78 Å². The predicted molar refractivity (Wildman–Crippen MR) is 105 cm³/mol. The molecule has 3 heterocycles. The lowest BCUT2D eigenvalue weighted by Gasteiger charge is -2.35. The van der Waals surface area contributed by atoms with Crippen LogP contribution in [0.25, 0.3) is 0 Å². The number of morpholine rings is 1. The number of hydrogen-bond acceptors (Lipinski definition) is 5. The van der Waals surface area contributed by atoms with E-state index in [-0.39, 0.29) is 18.2 Å². The molecule has 0 saturated carbocycles. The van der Waals surface area contributed by atoms with Gasteiger partial charge in [-0.3, -0.25) is 19.4 Å². The minimum Gasteiger partial charge on any atom is -0.378 e. The van der Waals surface area contributed by atoms with Gasteiger partial charge in [0.05, 0.1) is 26.3 Å². The van der Waals surface area contributed by atoms with Crippen LogP contribution in [-0.2, 0) is 16.1 Å². The van der Waals surface area contributed by atoms with Gasteiger partial charge in [-0.15, -0.1) is 0 Å². The van der Waals surface area contributed by atoms with E-state index in [2.05, 4.69) is 4.90 Å². The average molecular weight is 430 g/mol. The average Bonchev–Trinajstić information content (AvgIpc) is 2.97. The Labute approximate surface area is 174 Å². The molecule has 7 nitrogen and oxygen atoms in total. The molecule has 0 N–H and O–H groups in total. The van der Waals surface area contributed by atoms with Gasteiger partial charge in [0, 0.05) is 56.2 Å². The van der Waals surface area contributed by atoms with Gasteiger partial charge >= 0.3 is 6.18 Å². The highest BCUT2D eigenvalue weighted by Crippen LogP contribution is 2.23. The Morgan fingerprint density at radius 1 is 0.967 bits per heavy atom. The minimum atomic E-state index is -4.33. The van der Waals surface area contributed by atoms with Crippen LogP contribution in [0.5, 0.6) is 0 Å². The second kappa shape index (κ2) is 9.49. The molecule has 1 amide bonds. The molecule has 30 heavy (non-hydrogen) atoms. The molecule has 0 bridgehead atoms. The maximum atomic E-state index is 12.8. The first-order valence-corrected chi connectivity index (χ1v) is 10.2. The molecule has 0 aliphatic carbocycles. The van der Waals surface area contributed by atoms with E-state index in [0.29, 0.717) is 76.0 Å². The van der Waals surface area contributed by atoms with E-state index in [9.17, 15) is 22.8 Å². The number of hydrogen-bond donors (Lipinski definition) is 0. The van der Waals surface area contributed by atoms with Crippen LogP contribution < -0.4 is 0 Å². The maximum Gasteiger partial charge on any atom is 0.406 e. The molecular formula is C20H29F3N4O3. The highest BCUT2D eigenvalue weighted by molar-refractivity contribution is 5.99. The van der Waals surface area contributed by atoms with Gasteiger partial charge in [0.1, 0.15) is 6.54 Å². The fourth-order valence-electron chi connectivity index (χ4n) is 4.00. The van der Waals surface area contributed by atoms with Crippen molar-refractivity contribution in [2.45, 2.75) is 26.6 Å². The van der Waals surface area contributed by atoms with Gasteiger partial charge in [-0.05, 0) is 19.9 Å². The molecule has 2 aliphatic rings. The predicted octanol–water partition coefficient (Wildman–Crippen LogP) is 1.33. The van der Waals surface area contributed by atoms with Gasteiger partial charge < -0.3 is 14.2 Å². The molecule has 3 rings (SSSR count). The fourth-order valence-corrected chi connectivity index (χ4v) is 4.00. The lowest BCUT2D eigenvalue weighted by atomic mass is 10.1. The van der Waals surface area contributed by atoms with Crippen molar-refractivity contribution in [3.8, 4) is 0 Å². The number of carbonyl (C=O) groups is 2. The molecule has 0 spiro atoms. The molecule has 2 saturated heterocycles. The number of piperazine rings is 1. The lowest BCUT2D eigenvalue weighted by molar-refractivity contribution is -0.141. The monoisotopic (exact) mass is 430 g/mol. The van der Waals surface area contributed by atoms with Crippen molar-refractivity contribution in [3.63, 3.8) is 0 Å². The van der Waals surface area contributed by atoms with Crippen LogP contribution in [0.2, 0.25) is 0 Å². The molecule has 0 unspecified atom stereocenters. The minimum absolute atomic E-state index is 0.0972. The van der Waals surface area contributed by atoms with E-state index in [4.69, 9.17) is 4.74 Å². The first-order chi connectivity index (χ1) is 14.1. The first-order valence-electron chi connectivity index (χ1n) is 10.2. The van der Waals surface area contributed by atoms with Gasteiger partial charge in [0.2, 0.25) is 5.91 Å². The summed E-state index contributed by atoms with van der Waals surface area (Å²) in [5.74, 6) is -0.0747. The topological polar surface area (TPSA) is 58.0 Å². The van der Waals surface area contributed by atoms with Crippen molar-refractivity contribution < 1.29 is 27.5 Å². The van der Waals surface area contributed by atoms with E-state index < -0.39 is 12.7 Å². The molecule has 1 aromatic rings. The van der Waals surface area contributed by atoms with Crippen LogP contribution in [0.15, 0.2) is 6.07 Å². The Hall–Kier alpha value is -1.91.